The minimum Gasteiger partial charge on any atom is -0.444 e. The summed E-state index contributed by atoms with van der Waals surface area (Å²) in [4.78, 5) is 13.2. The lowest BCUT2D eigenvalue weighted by Crippen LogP contribution is -2.50. The van der Waals surface area contributed by atoms with Crippen molar-refractivity contribution in [1.82, 2.24) is 4.90 Å². The normalized spacial score (nSPS) is 21.0. The van der Waals surface area contributed by atoms with Crippen LogP contribution in [0, 0.1) is 11.5 Å². The van der Waals surface area contributed by atoms with E-state index in [0.717, 1.165) is 0 Å². The average molecular weight is 436 g/mol. The molecule has 1 rings (SSSR count). The van der Waals surface area contributed by atoms with Crippen molar-refractivity contribution in [2.75, 3.05) is 6.61 Å². The van der Waals surface area contributed by atoms with Gasteiger partial charge in [0.25, 0.3) is 0 Å². The molecule has 168 valence electrons. The number of rotatable bonds is 4. The summed E-state index contributed by atoms with van der Waals surface area (Å²) < 4.78 is 50.4. The maximum Gasteiger partial charge on any atom is 0.433 e. The van der Waals surface area contributed by atoms with Gasteiger partial charge in [-0.1, -0.05) is 41.5 Å². The van der Waals surface area contributed by atoms with E-state index in [4.69, 9.17) is 9.47 Å². The SMILES string of the molecule is CC(C)[Si](C#CC[C@H]1CO[C@@H](C(F)(F)F)N1C(=O)OC(C)(C)C)(C(C)C)C(C)C. The van der Waals surface area contributed by atoms with Crippen LogP contribution < -0.4 is 0 Å². The number of halogens is 3. The number of carbonyl (C=O) groups excluding carboxylic acids is 1. The molecule has 0 aromatic heterocycles. The van der Waals surface area contributed by atoms with Gasteiger partial charge in [-0.05, 0) is 37.4 Å². The van der Waals surface area contributed by atoms with Crippen LogP contribution in [-0.2, 0) is 9.47 Å². The zero-order valence-electron chi connectivity index (χ0n) is 19.1. The van der Waals surface area contributed by atoms with E-state index in [1.807, 2.05) is 0 Å². The first-order valence-corrected chi connectivity index (χ1v) is 12.5. The Morgan fingerprint density at radius 3 is 1.97 bits per heavy atom. The fraction of sp³-hybridized carbons (Fsp3) is 0.857. The summed E-state index contributed by atoms with van der Waals surface area (Å²) in [5.41, 5.74) is 3.84. The summed E-state index contributed by atoms with van der Waals surface area (Å²) in [7, 11) is -2.00. The van der Waals surface area contributed by atoms with E-state index < -0.39 is 38.2 Å². The molecule has 0 bridgehead atoms. The van der Waals surface area contributed by atoms with Crippen molar-refractivity contribution in [1.29, 1.82) is 0 Å². The first-order valence-electron chi connectivity index (χ1n) is 10.2. The zero-order valence-corrected chi connectivity index (χ0v) is 20.1. The minimum absolute atomic E-state index is 0.132. The maximum atomic E-state index is 13.4. The highest BCUT2D eigenvalue weighted by Gasteiger charge is 2.54. The van der Waals surface area contributed by atoms with Gasteiger partial charge in [-0.25, -0.2) is 4.79 Å². The van der Waals surface area contributed by atoms with Gasteiger partial charge >= 0.3 is 12.3 Å². The molecule has 1 heterocycles. The highest BCUT2D eigenvalue weighted by Crippen LogP contribution is 2.41. The van der Waals surface area contributed by atoms with Crippen molar-refractivity contribution in [3.8, 4) is 11.5 Å². The molecule has 4 nitrogen and oxygen atoms in total. The van der Waals surface area contributed by atoms with E-state index in [9.17, 15) is 18.0 Å². The molecule has 29 heavy (non-hydrogen) atoms. The Morgan fingerprint density at radius 1 is 1.10 bits per heavy atom. The van der Waals surface area contributed by atoms with Crippen LogP contribution in [0.4, 0.5) is 18.0 Å². The molecule has 1 aliphatic rings. The largest absolute Gasteiger partial charge is 0.444 e. The van der Waals surface area contributed by atoms with Gasteiger partial charge in [0.2, 0.25) is 6.23 Å². The van der Waals surface area contributed by atoms with E-state index in [1.54, 1.807) is 20.8 Å². The number of ether oxygens (including phenoxy) is 2. The van der Waals surface area contributed by atoms with Gasteiger partial charge in [0, 0.05) is 6.42 Å². The summed E-state index contributed by atoms with van der Waals surface area (Å²) in [6, 6.07) is -0.790. The van der Waals surface area contributed by atoms with Crippen LogP contribution in [0.1, 0.15) is 68.7 Å². The molecule has 0 aliphatic carbocycles. The van der Waals surface area contributed by atoms with Crippen molar-refractivity contribution < 1.29 is 27.4 Å². The van der Waals surface area contributed by atoms with Crippen LogP contribution in [0.15, 0.2) is 0 Å². The fourth-order valence-electron chi connectivity index (χ4n) is 4.28. The van der Waals surface area contributed by atoms with Crippen LogP contribution in [0.5, 0.6) is 0 Å². The summed E-state index contributed by atoms with van der Waals surface area (Å²) in [5.74, 6) is 3.15. The second-order valence-electron chi connectivity index (χ2n) is 9.67. The average Bonchev–Trinajstić information content (AvgIpc) is 2.92. The Hall–Kier alpha value is -1.20. The third kappa shape index (κ3) is 6.14. The van der Waals surface area contributed by atoms with E-state index in [1.165, 1.54) is 0 Å². The Balaban J connectivity index is 3.17. The number of hydrogen-bond acceptors (Lipinski definition) is 3. The summed E-state index contributed by atoms with van der Waals surface area (Å²) >= 11 is 0. The van der Waals surface area contributed by atoms with Crippen LogP contribution in [0.25, 0.3) is 0 Å². The third-order valence-corrected chi connectivity index (χ3v) is 11.8. The lowest BCUT2D eigenvalue weighted by atomic mass is 10.2. The molecule has 1 amide bonds. The predicted molar refractivity (Wildman–Crippen MR) is 111 cm³/mol. The van der Waals surface area contributed by atoms with Gasteiger partial charge in [-0.15, -0.1) is 11.5 Å². The highest BCUT2D eigenvalue weighted by molar-refractivity contribution is 6.90. The second-order valence-corrected chi connectivity index (χ2v) is 15.3. The molecule has 2 atom stereocenters. The third-order valence-electron chi connectivity index (χ3n) is 5.49. The molecular formula is C21H36F3NO3Si. The van der Waals surface area contributed by atoms with Crippen LogP contribution in [-0.4, -0.2) is 49.7 Å². The molecule has 0 aromatic rings. The molecule has 0 aromatic carbocycles. The summed E-state index contributed by atoms with van der Waals surface area (Å²) in [6.45, 7) is 17.7. The highest BCUT2D eigenvalue weighted by atomic mass is 28.3. The first kappa shape index (κ1) is 25.8. The predicted octanol–water partition coefficient (Wildman–Crippen LogP) is 6.12. The Morgan fingerprint density at radius 2 is 1.59 bits per heavy atom. The van der Waals surface area contributed by atoms with Crippen LogP contribution in [0.3, 0.4) is 0 Å². The molecule has 1 saturated heterocycles. The van der Waals surface area contributed by atoms with Crippen molar-refractivity contribution >= 4 is 14.2 Å². The van der Waals surface area contributed by atoms with E-state index in [2.05, 4.69) is 53.0 Å². The zero-order chi connectivity index (χ0) is 22.8. The van der Waals surface area contributed by atoms with Gasteiger partial charge in [0.1, 0.15) is 13.7 Å². The fourth-order valence-corrected chi connectivity index (χ4v) is 9.55. The quantitative estimate of drug-likeness (QED) is 0.394. The van der Waals surface area contributed by atoms with Crippen molar-refractivity contribution in [3.05, 3.63) is 0 Å². The number of amides is 1. The van der Waals surface area contributed by atoms with E-state index >= 15 is 0 Å². The van der Waals surface area contributed by atoms with Gasteiger partial charge in [0.05, 0.1) is 12.6 Å². The number of nitrogens with zero attached hydrogens (tertiary/aromatic N) is 1. The maximum absolute atomic E-state index is 13.4. The molecule has 1 aliphatic heterocycles. The topological polar surface area (TPSA) is 38.8 Å². The molecule has 1 fully saturated rings. The Bertz CT molecular complexity index is 608. The van der Waals surface area contributed by atoms with Crippen molar-refractivity contribution in [2.24, 2.45) is 0 Å². The molecule has 0 N–H and O–H groups in total. The standard InChI is InChI=1S/C21H36F3NO3Si/c1-14(2)29(15(3)4,16(5)6)12-10-11-17-13-27-18(21(22,23)24)25(17)19(26)28-20(7,8)9/h14-18H,11,13H2,1-9H3/t17-,18-/m0/s1. The van der Waals surface area contributed by atoms with Crippen molar-refractivity contribution in [3.63, 3.8) is 0 Å². The van der Waals surface area contributed by atoms with Gasteiger partial charge < -0.3 is 9.47 Å². The molecule has 0 spiro atoms. The molecule has 0 radical (unpaired) electrons. The second kappa shape index (κ2) is 9.30. The van der Waals surface area contributed by atoms with Crippen LogP contribution in [0.2, 0.25) is 16.6 Å². The Kier molecular flexibility index (Phi) is 8.28. The number of carbonyl (C=O) groups is 1. The molecule has 0 unspecified atom stereocenters. The lowest BCUT2D eigenvalue weighted by molar-refractivity contribution is -0.236. The number of hydrogen-bond donors (Lipinski definition) is 0. The van der Waals surface area contributed by atoms with Gasteiger partial charge in [0.15, 0.2) is 0 Å². The van der Waals surface area contributed by atoms with Crippen LogP contribution >= 0.6 is 0 Å². The summed E-state index contributed by atoms with van der Waals surface area (Å²) in [6.07, 6.45) is -7.88. The molecule has 0 saturated carbocycles. The number of alkyl halides is 3. The molecule has 8 heteroatoms. The van der Waals surface area contributed by atoms with Gasteiger partial charge in [-0.2, -0.15) is 13.2 Å². The molecular weight excluding hydrogens is 399 g/mol. The first-order chi connectivity index (χ1) is 13.0. The Labute approximate surface area is 174 Å². The monoisotopic (exact) mass is 435 g/mol. The van der Waals surface area contributed by atoms with Gasteiger partial charge in [-0.3, -0.25) is 4.90 Å². The van der Waals surface area contributed by atoms with E-state index in [-0.39, 0.29) is 13.0 Å². The van der Waals surface area contributed by atoms with E-state index in [0.29, 0.717) is 21.5 Å². The lowest BCUT2D eigenvalue weighted by Gasteiger charge is -2.38. The summed E-state index contributed by atoms with van der Waals surface area (Å²) in [5, 5.41) is 0. The smallest absolute Gasteiger partial charge is 0.433 e. The van der Waals surface area contributed by atoms with Crippen molar-refractivity contribution in [2.45, 2.75) is 109 Å². The minimum atomic E-state index is -4.69.